The molecule has 1 saturated carbocycles. The van der Waals surface area contributed by atoms with Crippen molar-refractivity contribution in [3.05, 3.63) is 63.7 Å². The largest absolute Gasteiger partial charge is 0.478 e. The second-order valence-corrected chi connectivity index (χ2v) is 7.36. The molecule has 0 aromatic heterocycles. The number of nitrogens with one attached hydrogen (secondary N) is 1. The number of aromatic carboxylic acids is 1. The molecule has 1 fully saturated rings. The quantitative estimate of drug-likeness (QED) is 0.769. The Balaban J connectivity index is 1.77. The number of carbonyl (C=O) groups is 1. The zero-order valence-electron chi connectivity index (χ0n) is 13.6. The van der Waals surface area contributed by atoms with E-state index in [1.807, 2.05) is 6.07 Å². The molecular weight excluding hydrogens is 322 g/mol. The molecule has 0 spiro atoms. The van der Waals surface area contributed by atoms with Crippen LogP contribution < -0.4 is 5.32 Å². The molecule has 0 amide bonds. The van der Waals surface area contributed by atoms with Crippen LogP contribution in [0.3, 0.4) is 0 Å². The van der Waals surface area contributed by atoms with E-state index < -0.39 is 5.97 Å². The highest BCUT2D eigenvalue weighted by Gasteiger charge is 2.40. The average Bonchev–Trinajstić information content (AvgIpc) is 3.04. The third-order valence-corrected chi connectivity index (χ3v) is 5.82. The molecule has 1 aliphatic carbocycles. The Morgan fingerprint density at radius 2 is 2.00 bits per heavy atom. The summed E-state index contributed by atoms with van der Waals surface area (Å²) in [7, 11) is 0. The third kappa shape index (κ3) is 2.48. The summed E-state index contributed by atoms with van der Waals surface area (Å²) in [5.74, 6) is 0.119. The number of hydrogen-bond acceptors (Lipinski definition) is 2. The molecule has 0 radical (unpaired) electrons. The number of halogens is 1. The van der Waals surface area contributed by atoms with E-state index in [-0.39, 0.29) is 11.6 Å². The fourth-order valence-corrected chi connectivity index (χ4v) is 4.69. The van der Waals surface area contributed by atoms with Gasteiger partial charge < -0.3 is 10.4 Å². The lowest BCUT2D eigenvalue weighted by molar-refractivity contribution is 0.0697. The number of hydrogen-bond donors (Lipinski definition) is 2. The van der Waals surface area contributed by atoms with Gasteiger partial charge in [0, 0.05) is 10.7 Å². The minimum atomic E-state index is -0.945. The number of fused-ring (bicyclic) bond motifs is 3. The van der Waals surface area contributed by atoms with Gasteiger partial charge in [-0.25, -0.2) is 4.79 Å². The molecule has 4 heteroatoms. The minimum absolute atomic E-state index is 0.142. The van der Waals surface area contributed by atoms with Gasteiger partial charge in [-0.3, -0.25) is 0 Å². The van der Waals surface area contributed by atoms with Crippen molar-refractivity contribution in [1.82, 2.24) is 0 Å². The summed E-state index contributed by atoms with van der Waals surface area (Å²) < 4.78 is 0. The number of rotatable bonds is 2. The number of benzene rings is 2. The molecule has 1 heterocycles. The van der Waals surface area contributed by atoms with Crippen molar-refractivity contribution < 1.29 is 9.90 Å². The summed E-state index contributed by atoms with van der Waals surface area (Å²) in [5.41, 5.74) is 5.14. The summed E-state index contributed by atoms with van der Waals surface area (Å²) in [4.78, 5) is 11.1. The fourth-order valence-electron chi connectivity index (χ4n) is 4.39. The Bertz CT molecular complexity index is 817. The van der Waals surface area contributed by atoms with E-state index in [9.17, 15) is 4.79 Å². The van der Waals surface area contributed by atoms with Crippen molar-refractivity contribution in [2.75, 3.05) is 5.32 Å². The molecule has 0 unspecified atom stereocenters. The smallest absolute Gasteiger partial charge is 0.335 e. The monoisotopic (exact) mass is 341 g/mol. The number of aryl methyl sites for hydroxylation is 1. The third-order valence-electron chi connectivity index (χ3n) is 5.50. The Morgan fingerprint density at radius 1 is 1.17 bits per heavy atom. The number of carboxylic acid groups (broad SMARTS) is 1. The van der Waals surface area contributed by atoms with Crippen LogP contribution in [0.1, 0.15) is 58.3 Å². The second kappa shape index (κ2) is 5.82. The molecule has 0 saturated heterocycles. The summed E-state index contributed by atoms with van der Waals surface area (Å²) >= 11 is 6.45. The molecular formula is C20H20ClNO2. The molecule has 0 bridgehead atoms. The maximum absolute atomic E-state index is 11.1. The highest BCUT2D eigenvalue weighted by Crippen LogP contribution is 2.53. The first kappa shape index (κ1) is 15.5. The van der Waals surface area contributed by atoms with E-state index in [1.54, 1.807) is 12.1 Å². The van der Waals surface area contributed by atoms with Crippen LogP contribution in [-0.2, 0) is 0 Å². The molecule has 3 nitrogen and oxygen atoms in total. The van der Waals surface area contributed by atoms with Gasteiger partial charge >= 0.3 is 5.97 Å². The first-order valence-electron chi connectivity index (χ1n) is 8.44. The van der Waals surface area contributed by atoms with E-state index in [0.29, 0.717) is 16.9 Å². The first-order valence-corrected chi connectivity index (χ1v) is 8.82. The van der Waals surface area contributed by atoms with Crippen LogP contribution in [0, 0.1) is 12.8 Å². The van der Waals surface area contributed by atoms with Crippen molar-refractivity contribution in [2.45, 2.75) is 38.1 Å². The van der Waals surface area contributed by atoms with E-state index in [2.05, 4.69) is 30.4 Å². The summed E-state index contributed by atoms with van der Waals surface area (Å²) in [6.07, 6.45) is 3.61. The van der Waals surface area contributed by atoms with Crippen molar-refractivity contribution in [2.24, 2.45) is 5.92 Å². The van der Waals surface area contributed by atoms with Gasteiger partial charge in [-0.2, -0.15) is 0 Å². The van der Waals surface area contributed by atoms with E-state index in [1.165, 1.54) is 36.1 Å². The van der Waals surface area contributed by atoms with Crippen LogP contribution in [0.25, 0.3) is 0 Å². The molecule has 1 aliphatic heterocycles. The summed E-state index contributed by atoms with van der Waals surface area (Å²) in [5, 5.41) is 13.3. The van der Waals surface area contributed by atoms with Crippen LogP contribution in [0.5, 0.6) is 0 Å². The highest BCUT2D eigenvalue weighted by molar-refractivity contribution is 6.31. The Hall–Kier alpha value is -2.00. The van der Waals surface area contributed by atoms with Gasteiger partial charge in [-0.15, -0.1) is 0 Å². The molecule has 124 valence electrons. The first-order chi connectivity index (χ1) is 11.5. The van der Waals surface area contributed by atoms with E-state index in [0.717, 1.165) is 5.56 Å². The molecule has 2 aromatic carbocycles. The zero-order chi connectivity index (χ0) is 16.8. The lowest BCUT2D eigenvalue weighted by Crippen LogP contribution is -2.29. The number of anilines is 1. The van der Waals surface area contributed by atoms with Gasteiger partial charge in [0.15, 0.2) is 0 Å². The van der Waals surface area contributed by atoms with E-state index >= 15 is 0 Å². The predicted octanol–water partition coefficient (Wildman–Crippen LogP) is 5.40. The number of carboxylic acids is 1. The van der Waals surface area contributed by atoms with Crippen molar-refractivity contribution in [3.63, 3.8) is 0 Å². The molecule has 24 heavy (non-hydrogen) atoms. The second-order valence-electron chi connectivity index (χ2n) is 6.96. The van der Waals surface area contributed by atoms with Crippen molar-refractivity contribution in [1.29, 1.82) is 0 Å². The Morgan fingerprint density at radius 3 is 2.75 bits per heavy atom. The molecule has 2 aromatic rings. The summed E-state index contributed by atoms with van der Waals surface area (Å²) in [6, 6.07) is 11.8. The fraction of sp³-hybridized carbons (Fsp3) is 0.350. The zero-order valence-corrected chi connectivity index (χ0v) is 14.3. The van der Waals surface area contributed by atoms with Crippen molar-refractivity contribution in [3.8, 4) is 0 Å². The average molecular weight is 342 g/mol. The maximum atomic E-state index is 11.1. The van der Waals surface area contributed by atoms with Gasteiger partial charge in [0.1, 0.15) is 0 Å². The van der Waals surface area contributed by atoms with Gasteiger partial charge in [0.05, 0.1) is 11.6 Å². The topological polar surface area (TPSA) is 49.3 Å². The maximum Gasteiger partial charge on any atom is 0.335 e. The van der Waals surface area contributed by atoms with Gasteiger partial charge in [-0.05, 0) is 60.9 Å². The summed E-state index contributed by atoms with van der Waals surface area (Å²) in [6.45, 7) is 2.14. The van der Waals surface area contributed by atoms with Crippen molar-refractivity contribution >= 4 is 23.3 Å². The van der Waals surface area contributed by atoms with Gasteiger partial charge in [0.2, 0.25) is 0 Å². The molecule has 2 N–H and O–H groups in total. The molecule has 3 atom stereocenters. The van der Waals surface area contributed by atoms with Gasteiger partial charge in [-0.1, -0.05) is 41.8 Å². The lowest BCUT2D eigenvalue weighted by Gasteiger charge is -2.38. The standard InChI is InChI=1S/C20H20ClNO2/c1-11-5-8-18-16(9-11)13-3-2-4-14(13)19(22-18)15-7-6-12(20(23)24)10-17(15)21/h5-10,13-14,19,22H,2-4H2,1H3,(H,23,24)/t13-,14+,19-/m1/s1. The molecule has 4 rings (SSSR count). The van der Waals surface area contributed by atoms with Crippen LogP contribution in [0.15, 0.2) is 36.4 Å². The van der Waals surface area contributed by atoms with Crippen LogP contribution in [-0.4, -0.2) is 11.1 Å². The Labute approximate surface area is 146 Å². The Kier molecular flexibility index (Phi) is 3.76. The minimum Gasteiger partial charge on any atom is -0.478 e. The van der Waals surface area contributed by atoms with Gasteiger partial charge in [0.25, 0.3) is 0 Å². The van der Waals surface area contributed by atoms with E-state index in [4.69, 9.17) is 16.7 Å². The normalized spacial score (nSPS) is 24.8. The van der Waals surface area contributed by atoms with Crippen LogP contribution >= 0.6 is 11.6 Å². The van der Waals surface area contributed by atoms with Crippen LogP contribution in [0.4, 0.5) is 5.69 Å². The van der Waals surface area contributed by atoms with Crippen LogP contribution in [0.2, 0.25) is 5.02 Å². The molecule has 2 aliphatic rings. The highest BCUT2D eigenvalue weighted by atomic mass is 35.5. The SMILES string of the molecule is Cc1ccc2c(c1)[C@@H]1CCC[C@@H]1[C@H](c1ccc(C(=O)O)cc1Cl)N2. The predicted molar refractivity (Wildman–Crippen MR) is 96.0 cm³/mol. The lowest BCUT2D eigenvalue weighted by atomic mass is 9.77.